The van der Waals surface area contributed by atoms with Gasteiger partial charge in [-0.3, -0.25) is 4.79 Å². The van der Waals surface area contributed by atoms with Crippen molar-refractivity contribution < 1.29 is 14.7 Å². The van der Waals surface area contributed by atoms with Crippen LogP contribution in [0.1, 0.15) is 34.8 Å². The predicted octanol–water partition coefficient (Wildman–Crippen LogP) is 1.53. The van der Waals surface area contributed by atoms with Gasteiger partial charge in [0.1, 0.15) is 11.7 Å². The van der Waals surface area contributed by atoms with Gasteiger partial charge in [0.15, 0.2) is 0 Å². The molecule has 0 unspecified atom stereocenters. The highest BCUT2D eigenvalue weighted by atomic mass is 32.1. The Morgan fingerprint density at radius 3 is 2.88 bits per heavy atom. The maximum Gasteiger partial charge on any atom is 0.326 e. The molecule has 1 aliphatic rings. The lowest BCUT2D eigenvalue weighted by Gasteiger charge is -2.32. The maximum absolute atomic E-state index is 12.1. The first-order valence-corrected chi connectivity index (χ1v) is 6.43. The molecule has 0 spiro atoms. The SMILES string of the molecule is Cc1nc(C(=O)N2CCCC[C@@H]2C(=O)O)cs1. The third-order valence-electron chi connectivity index (χ3n) is 2.89. The Kier molecular flexibility index (Phi) is 3.42. The minimum atomic E-state index is -0.926. The molecule has 1 aromatic heterocycles. The van der Waals surface area contributed by atoms with E-state index in [1.54, 1.807) is 5.38 Å². The largest absolute Gasteiger partial charge is 0.480 e. The average molecular weight is 254 g/mol. The normalized spacial score (nSPS) is 20.3. The molecule has 0 radical (unpaired) electrons. The topological polar surface area (TPSA) is 70.5 Å². The van der Waals surface area contributed by atoms with Gasteiger partial charge in [-0.2, -0.15) is 0 Å². The van der Waals surface area contributed by atoms with E-state index in [9.17, 15) is 9.59 Å². The highest BCUT2D eigenvalue weighted by molar-refractivity contribution is 7.09. The zero-order valence-electron chi connectivity index (χ0n) is 9.55. The molecule has 1 saturated heterocycles. The van der Waals surface area contributed by atoms with Crippen molar-refractivity contribution in [1.29, 1.82) is 0 Å². The Balaban J connectivity index is 2.19. The van der Waals surface area contributed by atoms with Gasteiger partial charge in [-0.1, -0.05) is 0 Å². The van der Waals surface area contributed by atoms with E-state index in [1.807, 2.05) is 6.92 Å². The number of nitrogens with zero attached hydrogens (tertiary/aromatic N) is 2. The van der Waals surface area contributed by atoms with E-state index in [1.165, 1.54) is 16.2 Å². The highest BCUT2D eigenvalue weighted by Crippen LogP contribution is 2.20. The number of piperidine rings is 1. The molecule has 17 heavy (non-hydrogen) atoms. The number of likely N-dealkylation sites (tertiary alicyclic amines) is 1. The quantitative estimate of drug-likeness (QED) is 0.869. The van der Waals surface area contributed by atoms with Crippen molar-refractivity contribution in [2.45, 2.75) is 32.2 Å². The number of aryl methyl sites for hydroxylation is 1. The van der Waals surface area contributed by atoms with E-state index in [0.29, 0.717) is 18.7 Å². The summed E-state index contributed by atoms with van der Waals surface area (Å²) in [5, 5.41) is 11.6. The molecule has 5 nitrogen and oxygen atoms in total. The Bertz CT molecular complexity index is 444. The summed E-state index contributed by atoms with van der Waals surface area (Å²) in [6, 6.07) is -0.696. The maximum atomic E-state index is 12.1. The first-order valence-electron chi connectivity index (χ1n) is 5.55. The first kappa shape index (κ1) is 12.0. The van der Waals surface area contributed by atoms with Crippen molar-refractivity contribution in [2.24, 2.45) is 0 Å². The number of carbonyl (C=O) groups is 2. The Morgan fingerprint density at radius 1 is 1.53 bits per heavy atom. The van der Waals surface area contributed by atoms with Crippen molar-refractivity contribution in [3.8, 4) is 0 Å². The number of carbonyl (C=O) groups excluding carboxylic acids is 1. The van der Waals surface area contributed by atoms with Gasteiger partial charge in [-0.15, -0.1) is 11.3 Å². The molecular weight excluding hydrogens is 240 g/mol. The summed E-state index contributed by atoms with van der Waals surface area (Å²) in [6.45, 7) is 2.33. The number of aliphatic carboxylic acids is 1. The van der Waals surface area contributed by atoms with Crippen LogP contribution in [0.5, 0.6) is 0 Å². The standard InChI is InChI=1S/C11H14N2O3S/c1-7-12-8(6-17-7)10(14)13-5-3-2-4-9(13)11(15)16/h6,9H,2-5H2,1H3,(H,15,16)/t9-/m1/s1. The summed E-state index contributed by atoms with van der Waals surface area (Å²) in [6.07, 6.45) is 2.25. The molecule has 6 heteroatoms. The van der Waals surface area contributed by atoms with E-state index in [0.717, 1.165) is 17.8 Å². The molecule has 0 saturated carbocycles. The first-order chi connectivity index (χ1) is 8.09. The second kappa shape index (κ2) is 4.83. The molecule has 92 valence electrons. The molecule has 2 rings (SSSR count). The molecule has 1 N–H and O–H groups in total. The molecule has 2 heterocycles. The van der Waals surface area contributed by atoms with Gasteiger partial charge in [-0.25, -0.2) is 9.78 Å². The van der Waals surface area contributed by atoms with Crippen molar-refractivity contribution >= 4 is 23.2 Å². The molecule has 1 amide bonds. The molecule has 0 aromatic carbocycles. The van der Waals surface area contributed by atoms with Crippen molar-refractivity contribution in [3.63, 3.8) is 0 Å². The summed E-state index contributed by atoms with van der Waals surface area (Å²) in [5.74, 6) is -1.19. The van der Waals surface area contributed by atoms with Gasteiger partial charge in [0.2, 0.25) is 0 Å². The van der Waals surface area contributed by atoms with E-state index in [-0.39, 0.29) is 5.91 Å². The number of carboxylic acid groups (broad SMARTS) is 1. The number of rotatable bonds is 2. The molecule has 0 bridgehead atoms. The van der Waals surface area contributed by atoms with Crippen LogP contribution in [0.2, 0.25) is 0 Å². The minimum absolute atomic E-state index is 0.263. The average Bonchev–Trinajstić information content (AvgIpc) is 2.75. The molecular formula is C11H14N2O3S. The van der Waals surface area contributed by atoms with Gasteiger partial charge >= 0.3 is 5.97 Å². The van der Waals surface area contributed by atoms with Gasteiger partial charge in [0.05, 0.1) is 5.01 Å². The lowest BCUT2D eigenvalue weighted by Crippen LogP contribution is -2.48. The van der Waals surface area contributed by atoms with E-state index < -0.39 is 12.0 Å². The summed E-state index contributed by atoms with van der Waals surface area (Å²) in [7, 11) is 0. The van der Waals surface area contributed by atoms with Crippen LogP contribution in [0.15, 0.2) is 5.38 Å². The second-order valence-corrected chi connectivity index (χ2v) is 5.16. The van der Waals surface area contributed by atoms with Crippen LogP contribution in [0.3, 0.4) is 0 Å². The minimum Gasteiger partial charge on any atom is -0.480 e. The Hall–Kier alpha value is -1.43. The summed E-state index contributed by atoms with van der Waals surface area (Å²) >= 11 is 1.40. The van der Waals surface area contributed by atoms with Crippen LogP contribution < -0.4 is 0 Å². The summed E-state index contributed by atoms with van der Waals surface area (Å²) in [4.78, 5) is 28.8. The van der Waals surface area contributed by atoms with Gasteiger partial charge in [-0.05, 0) is 26.2 Å². The van der Waals surface area contributed by atoms with Crippen LogP contribution in [0.4, 0.5) is 0 Å². The van der Waals surface area contributed by atoms with Crippen LogP contribution in [0.25, 0.3) is 0 Å². The third-order valence-corrected chi connectivity index (χ3v) is 3.66. The molecule has 1 aromatic rings. The third kappa shape index (κ3) is 2.46. The zero-order chi connectivity index (χ0) is 12.4. The fraction of sp³-hybridized carbons (Fsp3) is 0.545. The van der Waals surface area contributed by atoms with Crippen LogP contribution >= 0.6 is 11.3 Å². The van der Waals surface area contributed by atoms with Crippen LogP contribution in [0, 0.1) is 6.92 Å². The van der Waals surface area contributed by atoms with E-state index in [2.05, 4.69) is 4.98 Å². The van der Waals surface area contributed by atoms with Gasteiger partial charge < -0.3 is 10.0 Å². The number of carboxylic acids is 1. The molecule has 1 fully saturated rings. The lowest BCUT2D eigenvalue weighted by molar-refractivity contribution is -0.143. The fourth-order valence-corrected chi connectivity index (χ4v) is 2.63. The number of thiazole rings is 1. The summed E-state index contributed by atoms with van der Waals surface area (Å²) < 4.78 is 0. The summed E-state index contributed by atoms with van der Waals surface area (Å²) in [5.41, 5.74) is 0.362. The van der Waals surface area contributed by atoms with Gasteiger partial charge in [0, 0.05) is 11.9 Å². The smallest absolute Gasteiger partial charge is 0.326 e. The number of hydrogen-bond acceptors (Lipinski definition) is 4. The van der Waals surface area contributed by atoms with Gasteiger partial charge in [0.25, 0.3) is 5.91 Å². The number of amides is 1. The van der Waals surface area contributed by atoms with Crippen molar-refractivity contribution in [3.05, 3.63) is 16.1 Å². The highest BCUT2D eigenvalue weighted by Gasteiger charge is 2.33. The van der Waals surface area contributed by atoms with E-state index >= 15 is 0 Å². The molecule has 1 atom stereocenters. The number of hydrogen-bond donors (Lipinski definition) is 1. The van der Waals surface area contributed by atoms with Crippen LogP contribution in [-0.4, -0.2) is 39.5 Å². The molecule has 1 aliphatic heterocycles. The number of aromatic nitrogens is 1. The van der Waals surface area contributed by atoms with Crippen LogP contribution in [-0.2, 0) is 4.79 Å². The fourth-order valence-electron chi connectivity index (χ4n) is 2.04. The lowest BCUT2D eigenvalue weighted by atomic mass is 10.0. The van der Waals surface area contributed by atoms with Crippen molar-refractivity contribution in [1.82, 2.24) is 9.88 Å². The Morgan fingerprint density at radius 2 is 2.29 bits per heavy atom. The van der Waals surface area contributed by atoms with E-state index in [4.69, 9.17) is 5.11 Å². The second-order valence-electron chi connectivity index (χ2n) is 4.10. The predicted molar refractivity (Wildman–Crippen MR) is 63.2 cm³/mol. The monoisotopic (exact) mass is 254 g/mol. The molecule has 0 aliphatic carbocycles. The zero-order valence-corrected chi connectivity index (χ0v) is 10.4. The van der Waals surface area contributed by atoms with Crippen molar-refractivity contribution in [2.75, 3.05) is 6.54 Å². The Labute approximate surface area is 103 Å².